The number of sulfonamides is 1. The van der Waals surface area contributed by atoms with Gasteiger partial charge in [-0.2, -0.15) is 4.31 Å². The molecule has 1 aliphatic heterocycles. The number of rotatable bonds is 13. The lowest BCUT2D eigenvalue weighted by molar-refractivity contribution is -0.142. The SMILES string of the molecule is O=C(NCc1ccc(Cl)cc1)[C@H](Cc1ccccc1)N(Cc1ccccc1)C(=O)COc1ccc(S(=O)(=O)N2CCOCC2)cc1. The normalized spacial score (nSPS) is 14.3. The molecule has 0 spiro atoms. The third kappa shape index (κ3) is 8.95. The van der Waals surface area contributed by atoms with Gasteiger partial charge >= 0.3 is 0 Å². The van der Waals surface area contributed by atoms with Crippen molar-refractivity contribution in [3.8, 4) is 5.75 Å². The predicted octanol–water partition coefficient (Wildman–Crippen LogP) is 4.70. The lowest BCUT2D eigenvalue weighted by Crippen LogP contribution is -2.51. The summed E-state index contributed by atoms with van der Waals surface area (Å²) in [6, 6.07) is 31.4. The van der Waals surface area contributed by atoms with E-state index >= 15 is 0 Å². The van der Waals surface area contributed by atoms with E-state index in [-0.39, 0.29) is 30.5 Å². The summed E-state index contributed by atoms with van der Waals surface area (Å²) in [5.41, 5.74) is 2.63. The first-order chi connectivity index (χ1) is 22.3. The highest BCUT2D eigenvalue weighted by Crippen LogP contribution is 2.21. The molecule has 0 aromatic heterocycles. The van der Waals surface area contributed by atoms with Gasteiger partial charge in [-0.3, -0.25) is 9.59 Å². The smallest absolute Gasteiger partial charge is 0.261 e. The molecular formula is C35H36ClN3O6S. The first kappa shape index (κ1) is 33.2. The van der Waals surface area contributed by atoms with Crippen molar-refractivity contribution in [2.45, 2.75) is 30.4 Å². The van der Waals surface area contributed by atoms with Gasteiger partial charge in [0.1, 0.15) is 11.8 Å². The Kier molecular flexibility index (Phi) is 11.4. The van der Waals surface area contributed by atoms with Gasteiger partial charge in [0, 0.05) is 37.6 Å². The summed E-state index contributed by atoms with van der Waals surface area (Å²) in [7, 11) is -3.66. The van der Waals surface area contributed by atoms with Crippen LogP contribution in [0.1, 0.15) is 16.7 Å². The number of hydrogen-bond donors (Lipinski definition) is 1. The highest BCUT2D eigenvalue weighted by molar-refractivity contribution is 7.89. The minimum absolute atomic E-state index is 0.138. The second-order valence-corrected chi connectivity index (χ2v) is 13.2. The van der Waals surface area contributed by atoms with E-state index in [4.69, 9.17) is 21.1 Å². The molecule has 1 aliphatic rings. The number of carbonyl (C=O) groups excluding carboxylic acids is 2. The van der Waals surface area contributed by atoms with Gasteiger partial charge in [0.25, 0.3) is 5.91 Å². The summed E-state index contributed by atoms with van der Waals surface area (Å²) < 4.78 is 38.5. The number of morpholine rings is 1. The molecule has 0 bridgehead atoms. The monoisotopic (exact) mass is 661 g/mol. The fourth-order valence-electron chi connectivity index (χ4n) is 5.12. The maximum absolute atomic E-state index is 13.9. The Hall–Kier alpha value is -4.22. The molecule has 5 rings (SSSR count). The molecule has 2 amide bonds. The third-order valence-electron chi connectivity index (χ3n) is 7.64. The van der Waals surface area contributed by atoms with Crippen LogP contribution in [0.2, 0.25) is 5.02 Å². The largest absolute Gasteiger partial charge is 0.484 e. The molecule has 9 nitrogen and oxygen atoms in total. The van der Waals surface area contributed by atoms with Crippen molar-refractivity contribution in [3.63, 3.8) is 0 Å². The van der Waals surface area contributed by atoms with Crippen molar-refractivity contribution in [2.24, 2.45) is 0 Å². The van der Waals surface area contributed by atoms with Gasteiger partial charge in [0.2, 0.25) is 15.9 Å². The zero-order chi connectivity index (χ0) is 32.4. The van der Waals surface area contributed by atoms with Crippen molar-refractivity contribution in [1.29, 1.82) is 0 Å². The van der Waals surface area contributed by atoms with E-state index in [0.717, 1.165) is 16.7 Å². The molecule has 0 aliphatic carbocycles. The molecule has 0 unspecified atom stereocenters. The molecule has 0 radical (unpaired) electrons. The zero-order valence-corrected chi connectivity index (χ0v) is 26.8. The second-order valence-electron chi connectivity index (χ2n) is 10.8. The van der Waals surface area contributed by atoms with Crippen LogP contribution in [0.25, 0.3) is 0 Å². The lowest BCUT2D eigenvalue weighted by Gasteiger charge is -2.31. The zero-order valence-electron chi connectivity index (χ0n) is 25.3. The standard InChI is InChI=1S/C35H36ClN3O6S/c36-30-13-11-28(12-14-30)24-37-35(41)33(23-27-7-3-1-4-8-27)39(25-29-9-5-2-6-10-29)34(40)26-45-31-15-17-32(18-16-31)46(42,43)38-19-21-44-22-20-38/h1-18,33H,19-26H2,(H,37,41)/t33-/m0/s1. The number of hydrogen-bond acceptors (Lipinski definition) is 6. The van der Waals surface area contributed by atoms with Gasteiger partial charge in [0.05, 0.1) is 18.1 Å². The van der Waals surface area contributed by atoms with Gasteiger partial charge in [0.15, 0.2) is 6.61 Å². The molecule has 11 heteroatoms. The number of carbonyl (C=O) groups is 2. The Morgan fingerprint density at radius 1 is 0.826 bits per heavy atom. The van der Waals surface area contributed by atoms with Crippen LogP contribution in [-0.4, -0.2) is 68.4 Å². The number of nitrogens with zero attached hydrogens (tertiary/aromatic N) is 2. The Morgan fingerprint density at radius 3 is 2.07 bits per heavy atom. The minimum Gasteiger partial charge on any atom is -0.484 e. The topological polar surface area (TPSA) is 105 Å². The summed E-state index contributed by atoms with van der Waals surface area (Å²) in [4.78, 5) is 29.4. The van der Waals surface area contributed by atoms with Gasteiger partial charge < -0.3 is 19.7 Å². The summed E-state index contributed by atoms with van der Waals surface area (Å²) in [5, 5.41) is 3.60. The average Bonchev–Trinajstić information content (AvgIpc) is 3.10. The van der Waals surface area contributed by atoms with Gasteiger partial charge in [-0.25, -0.2) is 8.42 Å². The predicted molar refractivity (Wildman–Crippen MR) is 176 cm³/mol. The van der Waals surface area contributed by atoms with Crippen LogP contribution in [0, 0.1) is 0 Å². The summed E-state index contributed by atoms with van der Waals surface area (Å²) >= 11 is 6.03. The van der Waals surface area contributed by atoms with E-state index in [1.807, 2.05) is 72.8 Å². The molecule has 0 saturated carbocycles. The van der Waals surface area contributed by atoms with E-state index < -0.39 is 22.0 Å². The molecule has 1 heterocycles. The third-order valence-corrected chi connectivity index (χ3v) is 9.81. The van der Waals surface area contributed by atoms with Crippen molar-refractivity contribution in [1.82, 2.24) is 14.5 Å². The molecular weight excluding hydrogens is 626 g/mol. The van der Waals surface area contributed by atoms with Crippen molar-refractivity contribution in [3.05, 3.63) is 131 Å². The second kappa shape index (κ2) is 15.9. The molecule has 1 atom stereocenters. The van der Waals surface area contributed by atoms with E-state index in [1.165, 1.54) is 33.5 Å². The summed E-state index contributed by atoms with van der Waals surface area (Å²) in [5.74, 6) is -0.363. The van der Waals surface area contributed by atoms with Crippen LogP contribution < -0.4 is 10.1 Å². The fraction of sp³-hybridized carbons (Fsp3) is 0.257. The maximum atomic E-state index is 13.9. The Balaban J connectivity index is 1.34. The van der Waals surface area contributed by atoms with Gasteiger partial charge in [-0.05, 0) is 53.1 Å². The number of nitrogens with one attached hydrogen (secondary N) is 1. The molecule has 1 fully saturated rings. The number of halogens is 1. The molecule has 4 aromatic carbocycles. The van der Waals surface area contributed by atoms with Gasteiger partial charge in [-0.15, -0.1) is 0 Å². The van der Waals surface area contributed by atoms with Crippen molar-refractivity contribution < 1.29 is 27.5 Å². The van der Waals surface area contributed by atoms with Crippen LogP contribution in [0.4, 0.5) is 0 Å². The summed E-state index contributed by atoms with van der Waals surface area (Å²) in [6.45, 7) is 1.40. The van der Waals surface area contributed by atoms with Crippen molar-refractivity contribution >= 4 is 33.4 Å². The number of ether oxygens (including phenoxy) is 2. The highest BCUT2D eigenvalue weighted by Gasteiger charge is 2.31. The maximum Gasteiger partial charge on any atom is 0.261 e. The van der Waals surface area contributed by atoms with Crippen LogP contribution in [-0.2, 0) is 43.9 Å². The highest BCUT2D eigenvalue weighted by atomic mass is 35.5. The molecule has 46 heavy (non-hydrogen) atoms. The Morgan fingerprint density at radius 2 is 1.43 bits per heavy atom. The number of benzene rings is 4. The number of amides is 2. The van der Waals surface area contributed by atoms with E-state index in [2.05, 4.69) is 5.32 Å². The van der Waals surface area contributed by atoms with Crippen LogP contribution in [0.15, 0.2) is 114 Å². The lowest BCUT2D eigenvalue weighted by atomic mass is 10.0. The van der Waals surface area contributed by atoms with E-state index in [1.54, 1.807) is 12.1 Å². The van der Waals surface area contributed by atoms with Crippen LogP contribution in [0.5, 0.6) is 5.75 Å². The van der Waals surface area contributed by atoms with E-state index in [0.29, 0.717) is 43.5 Å². The fourth-order valence-corrected chi connectivity index (χ4v) is 6.65. The van der Waals surface area contributed by atoms with Crippen LogP contribution in [0.3, 0.4) is 0 Å². The molecule has 240 valence electrons. The average molecular weight is 662 g/mol. The van der Waals surface area contributed by atoms with Crippen LogP contribution >= 0.6 is 11.6 Å². The minimum atomic E-state index is -3.66. The van der Waals surface area contributed by atoms with Crippen molar-refractivity contribution in [2.75, 3.05) is 32.9 Å². The first-order valence-corrected chi connectivity index (χ1v) is 16.8. The Labute approximate surface area is 274 Å². The summed E-state index contributed by atoms with van der Waals surface area (Å²) in [6.07, 6.45) is 0.292. The van der Waals surface area contributed by atoms with Gasteiger partial charge in [-0.1, -0.05) is 84.4 Å². The molecule has 4 aromatic rings. The Bertz CT molecular complexity index is 1680. The van der Waals surface area contributed by atoms with E-state index in [9.17, 15) is 18.0 Å². The quantitative estimate of drug-likeness (QED) is 0.223. The molecule has 1 saturated heterocycles. The molecule has 1 N–H and O–H groups in total. The first-order valence-electron chi connectivity index (χ1n) is 15.0.